The maximum Gasteiger partial charge on any atom is 0.254 e. The average Bonchev–Trinajstić information content (AvgIpc) is 2.88. The predicted molar refractivity (Wildman–Crippen MR) is 71.4 cm³/mol. The molecule has 2 heterocycles. The number of hydrogen-bond donors (Lipinski definition) is 1. The van der Waals surface area contributed by atoms with Crippen molar-refractivity contribution in [1.82, 2.24) is 10.2 Å². The first kappa shape index (κ1) is 11.3. The highest BCUT2D eigenvalue weighted by atomic mass is 16.2. The Kier molecular flexibility index (Phi) is 2.62. The van der Waals surface area contributed by atoms with Crippen LogP contribution in [-0.4, -0.2) is 30.4 Å². The Bertz CT molecular complexity index is 513. The summed E-state index contributed by atoms with van der Waals surface area (Å²) in [4.78, 5) is 14.6. The molecular weight excluding hydrogens is 224 g/mol. The largest absolute Gasteiger partial charge is 0.390 e. The van der Waals surface area contributed by atoms with Crippen LogP contribution < -0.4 is 5.32 Å². The van der Waals surface area contributed by atoms with Crippen molar-refractivity contribution in [3.63, 3.8) is 0 Å². The van der Waals surface area contributed by atoms with Gasteiger partial charge in [0, 0.05) is 31.1 Å². The quantitative estimate of drug-likeness (QED) is 0.815. The number of likely N-dealkylation sites (tertiary alicyclic amines) is 1. The molecule has 1 aromatic rings. The molecule has 1 N–H and O–H groups in total. The van der Waals surface area contributed by atoms with Crippen LogP contribution in [0, 0.1) is 19.8 Å². The van der Waals surface area contributed by atoms with Crippen molar-refractivity contribution in [2.45, 2.75) is 13.8 Å². The lowest BCUT2D eigenvalue weighted by molar-refractivity contribution is 0.0787. The van der Waals surface area contributed by atoms with Gasteiger partial charge >= 0.3 is 0 Å². The van der Waals surface area contributed by atoms with Gasteiger partial charge in [-0.1, -0.05) is 18.2 Å². The zero-order valence-electron chi connectivity index (χ0n) is 10.9. The summed E-state index contributed by atoms with van der Waals surface area (Å²) in [5, 5.41) is 3.25. The molecule has 3 nitrogen and oxygen atoms in total. The van der Waals surface area contributed by atoms with E-state index in [1.807, 2.05) is 36.9 Å². The van der Waals surface area contributed by atoms with Crippen LogP contribution in [0.2, 0.25) is 0 Å². The Hall–Kier alpha value is -1.77. The number of nitrogens with one attached hydrogen (secondary N) is 1. The Balaban J connectivity index is 1.88. The van der Waals surface area contributed by atoms with Crippen molar-refractivity contribution < 1.29 is 4.79 Å². The van der Waals surface area contributed by atoms with Gasteiger partial charge in [-0.15, -0.1) is 0 Å². The van der Waals surface area contributed by atoms with E-state index in [4.69, 9.17) is 0 Å². The second-order valence-corrected chi connectivity index (χ2v) is 5.28. The summed E-state index contributed by atoms with van der Waals surface area (Å²) in [6.07, 6.45) is 2.07. The molecule has 18 heavy (non-hydrogen) atoms. The minimum absolute atomic E-state index is 0.181. The van der Waals surface area contributed by atoms with Gasteiger partial charge in [0.1, 0.15) is 0 Å². The molecule has 1 atom stereocenters. The summed E-state index contributed by atoms with van der Waals surface area (Å²) in [6.45, 7) is 6.64. The Morgan fingerprint density at radius 2 is 2.06 bits per heavy atom. The van der Waals surface area contributed by atoms with Gasteiger partial charge in [-0.25, -0.2) is 0 Å². The predicted octanol–water partition coefficient (Wildman–Crippen LogP) is 1.86. The molecule has 1 fully saturated rings. The van der Waals surface area contributed by atoms with Gasteiger partial charge in [0.25, 0.3) is 5.91 Å². The zero-order chi connectivity index (χ0) is 12.7. The summed E-state index contributed by atoms with van der Waals surface area (Å²) in [5.41, 5.74) is 4.40. The second kappa shape index (κ2) is 4.16. The molecule has 0 saturated carbocycles. The van der Waals surface area contributed by atoms with Crippen LogP contribution in [-0.2, 0) is 0 Å². The topological polar surface area (TPSA) is 32.3 Å². The van der Waals surface area contributed by atoms with Crippen LogP contribution in [0.25, 0.3) is 0 Å². The van der Waals surface area contributed by atoms with Crippen molar-refractivity contribution in [3.05, 3.63) is 46.7 Å². The van der Waals surface area contributed by atoms with Crippen LogP contribution >= 0.6 is 0 Å². The summed E-state index contributed by atoms with van der Waals surface area (Å²) in [5.74, 6) is 0.708. The van der Waals surface area contributed by atoms with Crippen LogP contribution in [0.4, 0.5) is 0 Å². The monoisotopic (exact) mass is 242 g/mol. The van der Waals surface area contributed by atoms with Crippen molar-refractivity contribution in [2.75, 3.05) is 19.6 Å². The van der Waals surface area contributed by atoms with E-state index >= 15 is 0 Å². The summed E-state index contributed by atoms with van der Waals surface area (Å²) < 4.78 is 0. The molecule has 0 spiro atoms. The van der Waals surface area contributed by atoms with Crippen LogP contribution in [0.1, 0.15) is 21.5 Å². The first-order valence-corrected chi connectivity index (χ1v) is 6.44. The molecule has 2 aliphatic rings. The van der Waals surface area contributed by atoms with E-state index in [-0.39, 0.29) is 5.91 Å². The highest BCUT2D eigenvalue weighted by Gasteiger charge is 2.33. The van der Waals surface area contributed by atoms with Crippen molar-refractivity contribution in [3.8, 4) is 0 Å². The highest BCUT2D eigenvalue weighted by molar-refractivity contribution is 5.97. The van der Waals surface area contributed by atoms with Crippen molar-refractivity contribution in [1.29, 1.82) is 0 Å². The number of fused-ring (bicyclic) bond motifs is 1. The fourth-order valence-corrected chi connectivity index (χ4v) is 2.95. The first-order valence-electron chi connectivity index (χ1n) is 6.44. The summed E-state index contributed by atoms with van der Waals surface area (Å²) in [6, 6.07) is 6.03. The molecule has 3 heteroatoms. The molecule has 1 amide bonds. The van der Waals surface area contributed by atoms with Crippen LogP contribution in [0.15, 0.2) is 30.0 Å². The van der Waals surface area contributed by atoms with Crippen LogP contribution in [0.3, 0.4) is 0 Å². The number of amides is 1. The molecule has 2 aliphatic heterocycles. The standard InChI is InChI=1S/C15H18N2O/c1-10-4-3-5-11(2)14(10)15(18)17-8-12-6-16-7-13(12)9-17/h3-6,13,16H,7-9H2,1-2H3. The molecule has 1 saturated heterocycles. The molecule has 1 unspecified atom stereocenters. The Morgan fingerprint density at radius 3 is 2.72 bits per heavy atom. The Morgan fingerprint density at radius 1 is 1.33 bits per heavy atom. The number of hydrogen-bond acceptors (Lipinski definition) is 2. The van der Waals surface area contributed by atoms with Gasteiger partial charge < -0.3 is 10.2 Å². The maximum absolute atomic E-state index is 12.6. The molecular formula is C15H18N2O. The van der Waals surface area contributed by atoms with E-state index in [1.165, 1.54) is 5.57 Å². The number of nitrogens with zero attached hydrogens (tertiary/aromatic N) is 1. The van der Waals surface area contributed by atoms with Gasteiger partial charge in [0.05, 0.1) is 0 Å². The fourth-order valence-electron chi connectivity index (χ4n) is 2.95. The van der Waals surface area contributed by atoms with Crippen LogP contribution in [0.5, 0.6) is 0 Å². The van der Waals surface area contributed by atoms with E-state index < -0.39 is 0 Å². The number of carbonyl (C=O) groups is 1. The third-order valence-corrected chi connectivity index (χ3v) is 3.97. The third kappa shape index (κ3) is 1.70. The number of aryl methyl sites for hydroxylation is 2. The highest BCUT2D eigenvalue weighted by Crippen LogP contribution is 2.27. The van der Waals surface area contributed by atoms with E-state index in [0.29, 0.717) is 5.92 Å². The second-order valence-electron chi connectivity index (χ2n) is 5.28. The summed E-state index contributed by atoms with van der Waals surface area (Å²) >= 11 is 0. The van der Waals surface area contributed by atoms with E-state index in [1.54, 1.807) is 0 Å². The smallest absolute Gasteiger partial charge is 0.254 e. The number of rotatable bonds is 1. The minimum Gasteiger partial charge on any atom is -0.390 e. The molecule has 1 aromatic carbocycles. The van der Waals surface area contributed by atoms with Gasteiger partial charge in [-0.3, -0.25) is 4.79 Å². The van der Waals surface area contributed by atoms with E-state index in [9.17, 15) is 4.79 Å². The molecule has 94 valence electrons. The zero-order valence-corrected chi connectivity index (χ0v) is 10.9. The molecule has 0 aromatic heterocycles. The molecule has 3 rings (SSSR count). The SMILES string of the molecule is Cc1cccc(C)c1C(=O)N1CC2=CNCC2C1. The van der Waals surface area contributed by atoms with E-state index in [0.717, 1.165) is 36.3 Å². The number of benzene rings is 1. The molecule has 0 aliphatic carbocycles. The first-order chi connectivity index (χ1) is 8.66. The van der Waals surface area contributed by atoms with Gasteiger partial charge in [-0.05, 0) is 36.7 Å². The normalized spacial score (nSPS) is 21.6. The van der Waals surface area contributed by atoms with Gasteiger partial charge in [0.2, 0.25) is 0 Å². The van der Waals surface area contributed by atoms with Crippen molar-refractivity contribution in [2.24, 2.45) is 5.92 Å². The van der Waals surface area contributed by atoms with E-state index in [2.05, 4.69) is 11.5 Å². The lowest BCUT2D eigenvalue weighted by Gasteiger charge is -2.19. The number of carbonyl (C=O) groups excluding carboxylic acids is 1. The average molecular weight is 242 g/mol. The summed E-state index contributed by atoms with van der Waals surface area (Å²) in [7, 11) is 0. The van der Waals surface area contributed by atoms with Gasteiger partial charge in [0.15, 0.2) is 0 Å². The third-order valence-electron chi connectivity index (χ3n) is 3.97. The molecule has 0 radical (unpaired) electrons. The Labute approximate surface area is 107 Å². The fraction of sp³-hybridized carbons (Fsp3) is 0.400. The molecule has 0 bridgehead atoms. The lowest BCUT2D eigenvalue weighted by atomic mass is 10.0. The van der Waals surface area contributed by atoms with Crippen molar-refractivity contribution >= 4 is 5.91 Å². The lowest BCUT2D eigenvalue weighted by Crippen LogP contribution is -2.31. The maximum atomic E-state index is 12.6. The van der Waals surface area contributed by atoms with Gasteiger partial charge in [-0.2, -0.15) is 0 Å². The minimum atomic E-state index is 0.181.